The van der Waals surface area contributed by atoms with Crippen LogP contribution in [0.2, 0.25) is 0 Å². The minimum atomic E-state index is -0.970. The van der Waals surface area contributed by atoms with Crippen molar-refractivity contribution in [1.82, 2.24) is 14.9 Å². The quantitative estimate of drug-likeness (QED) is 0.174. The summed E-state index contributed by atoms with van der Waals surface area (Å²) in [5, 5.41) is 19.1. The van der Waals surface area contributed by atoms with Crippen LogP contribution in [0.4, 0.5) is 0 Å². The summed E-state index contributed by atoms with van der Waals surface area (Å²) in [5.41, 5.74) is 9.85. The highest BCUT2D eigenvalue weighted by Crippen LogP contribution is 2.31. The van der Waals surface area contributed by atoms with Crippen molar-refractivity contribution in [3.63, 3.8) is 0 Å². The number of amides is 1. The van der Waals surface area contributed by atoms with Crippen LogP contribution in [-0.2, 0) is 4.79 Å². The smallest absolute Gasteiger partial charge is 0.305 e. The van der Waals surface area contributed by atoms with Gasteiger partial charge in [-0.25, -0.2) is 4.98 Å². The molecular weight excluding hydrogens is 450 g/mol. The first-order valence-corrected chi connectivity index (χ1v) is 11.7. The molecule has 172 valence electrons. The number of rotatable bonds is 8. The Hall–Kier alpha value is -4.11. The highest BCUT2D eigenvalue weighted by atomic mass is 32.2. The van der Waals surface area contributed by atoms with E-state index < -0.39 is 5.97 Å². The molecule has 0 saturated carbocycles. The molecular formula is C25H23N5O3S. The van der Waals surface area contributed by atoms with E-state index in [2.05, 4.69) is 11.4 Å². The molecule has 34 heavy (non-hydrogen) atoms. The van der Waals surface area contributed by atoms with Gasteiger partial charge in [-0.05, 0) is 42.7 Å². The minimum Gasteiger partial charge on any atom is -0.481 e. The molecule has 0 radical (unpaired) electrons. The fourth-order valence-corrected chi connectivity index (χ4v) is 4.06. The van der Waals surface area contributed by atoms with Crippen molar-refractivity contribution in [3.05, 3.63) is 77.9 Å². The number of aromatic nitrogens is 2. The van der Waals surface area contributed by atoms with Crippen LogP contribution in [0.15, 0.2) is 71.6 Å². The molecule has 1 heterocycles. The zero-order chi connectivity index (χ0) is 24.2. The number of carboxylic acids is 1. The molecule has 9 heteroatoms. The molecule has 0 fully saturated rings. The number of thioether (sulfide) groups is 1. The SMILES string of the molecule is CSc1cccc(-n2c(-c3ccc(C(=N)N)cc3)nc3cc(C(=O)NCCC(=O)O)ccc32)c1. The van der Waals surface area contributed by atoms with Gasteiger partial charge in [-0.3, -0.25) is 19.6 Å². The van der Waals surface area contributed by atoms with Gasteiger partial charge in [0.05, 0.1) is 17.5 Å². The lowest BCUT2D eigenvalue weighted by atomic mass is 10.1. The van der Waals surface area contributed by atoms with Gasteiger partial charge in [0.25, 0.3) is 5.91 Å². The van der Waals surface area contributed by atoms with Gasteiger partial charge in [-0.2, -0.15) is 0 Å². The van der Waals surface area contributed by atoms with Gasteiger partial charge in [0.1, 0.15) is 11.7 Å². The van der Waals surface area contributed by atoms with E-state index in [4.69, 9.17) is 21.2 Å². The summed E-state index contributed by atoms with van der Waals surface area (Å²) in [6.45, 7) is 0.0515. The van der Waals surface area contributed by atoms with Gasteiger partial charge in [0.15, 0.2) is 0 Å². The maximum absolute atomic E-state index is 12.5. The number of carboxylic acid groups (broad SMARTS) is 1. The van der Waals surface area contributed by atoms with Crippen LogP contribution < -0.4 is 11.1 Å². The highest BCUT2D eigenvalue weighted by Gasteiger charge is 2.17. The standard InChI is InChI=1S/C25H23N5O3S/c1-34-19-4-2-3-18(14-19)30-21-10-9-17(25(33)28-12-11-22(31)32)13-20(21)29-24(30)16-7-5-15(6-8-16)23(26)27/h2-10,13-14H,11-12H2,1H3,(H3,26,27)(H,28,33)(H,31,32). The van der Waals surface area contributed by atoms with Gasteiger partial charge in [-0.1, -0.05) is 30.3 Å². The average molecular weight is 474 g/mol. The molecule has 0 saturated heterocycles. The Morgan fingerprint density at radius 2 is 1.82 bits per heavy atom. The molecule has 4 rings (SSSR count). The number of nitrogens with one attached hydrogen (secondary N) is 2. The van der Waals surface area contributed by atoms with Gasteiger partial charge < -0.3 is 16.2 Å². The number of imidazole rings is 1. The van der Waals surface area contributed by atoms with E-state index in [0.29, 0.717) is 22.5 Å². The Balaban J connectivity index is 1.82. The molecule has 0 bridgehead atoms. The second-order valence-corrected chi connectivity index (χ2v) is 8.45. The monoisotopic (exact) mass is 473 g/mol. The van der Waals surface area contributed by atoms with Crippen LogP contribution in [0.25, 0.3) is 28.1 Å². The Labute approximate surface area is 200 Å². The summed E-state index contributed by atoms with van der Waals surface area (Å²) < 4.78 is 2.03. The lowest BCUT2D eigenvalue weighted by molar-refractivity contribution is -0.136. The van der Waals surface area contributed by atoms with Crippen LogP contribution >= 0.6 is 11.8 Å². The van der Waals surface area contributed by atoms with Crippen LogP contribution in [0.3, 0.4) is 0 Å². The number of carbonyl (C=O) groups is 2. The molecule has 0 unspecified atom stereocenters. The first-order valence-electron chi connectivity index (χ1n) is 10.5. The number of benzene rings is 3. The van der Waals surface area contributed by atoms with E-state index in [9.17, 15) is 9.59 Å². The molecule has 0 aliphatic carbocycles. The average Bonchev–Trinajstić information content (AvgIpc) is 3.22. The summed E-state index contributed by atoms with van der Waals surface area (Å²) in [7, 11) is 0. The van der Waals surface area contributed by atoms with E-state index in [0.717, 1.165) is 21.7 Å². The second kappa shape index (κ2) is 9.80. The molecule has 5 N–H and O–H groups in total. The summed E-state index contributed by atoms with van der Waals surface area (Å²) >= 11 is 1.64. The molecule has 1 aromatic heterocycles. The number of amidine groups is 1. The number of aliphatic carboxylic acids is 1. The van der Waals surface area contributed by atoms with Crippen molar-refractivity contribution in [2.24, 2.45) is 5.73 Å². The van der Waals surface area contributed by atoms with Crippen molar-refractivity contribution in [1.29, 1.82) is 5.41 Å². The minimum absolute atomic E-state index is 0.00808. The van der Waals surface area contributed by atoms with Crippen molar-refractivity contribution in [2.45, 2.75) is 11.3 Å². The summed E-state index contributed by atoms with van der Waals surface area (Å²) in [4.78, 5) is 29.2. The lowest BCUT2D eigenvalue weighted by Gasteiger charge is -2.11. The topological polar surface area (TPSA) is 134 Å². The predicted molar refractivity (Wildman–Crippen MR) is 134 cm³/mol. The second-order valence-electron chi connectivity index (χ2n) is 7.57. The highest BCUT2D eigenvalue weighted by molar-refractivity contribution is 7.98. The Morgan fingerprint density at radius 1 is 1.09 bits per heavy atom. The fourth-order valence-electron chi connectivity index (χ4n) is 3.61. The number of carbonyl (C=O) groups excluding carboxylic acids is 1. The maximum Gasteiger partial charge on any atom is 0.305 e. The number of nitrogens with two attached hydrogens (primary N) is 1. The van der Waals surface area contributed by atoms with Gasteiger partial charge >= 0.3 is 5.97 Å². The van der Waals surface area contributed by atoms with E-state index in [1.165, 1.54) is 0 Å². The van der Waals surface area contributed by atoms with E-state index >= 15 is 0 Å². The van der Waals surface area contributed by atoms with Crippen LogP contribution in [-0.4, -0.2) is 45.2 Å². The molecule has 3 aromatic carbocycles. The molecule has 0 spiro atoms. The molecule has 0 aliphatic rings. The van der Waals surface area contributed by atoms with Crippen LogP contribution in [0.1, 0.15) is 22.3 Å². The Morgan fingerprint density at radius 3 is 2.50 bits per heavy atom. The van der Waals surface area contributed by atoms with Crippen molar-refractivity contribution in [3.8, 4) is 17.1 Å². The van der Waals surface area contributed by atoms with Crippen LogP contribution in [0.5, 0.6) is 0 Å². The molecule has 0 atom stereocenters. The summed E-state index contributed by atoms with van der Waals surface area (Å²) in [6.07, 6.45) is 1.87. The lowest BCUT2D eigenvalue weighted by Crippen LogP contribution is -2.25. The van der Waals surface area contributed by atoms with Crippen molar-refractivity contribution < 1.29 is 14.7 Å². The summed E-state index contributed by atoms with van der Waals surface area (Å²) in [5.74, 6) is -0.644. The van der Waals surface area contributed by atoms with E-state index in [-0.39, 0.29) is 24.7 Å². The maximum atomic E-state index is 12.5. The number of fused-ring (bicyclic) bond motifs is 1. The molecule has 0 aliphatic heterocycles. The van der Waals surface area contributed by atoms with Crippen molar-refractivity contribution >= 4 is 40.5 Å². The third-order valence-corrected chi connectivity index (χ3v) is 6.03. The van der Waals surface area contributed by atoms with Gasteiger partial charge in [-0.15, -0.1) is 11.8 Å². The molecule has 8 nitrogen and oxygen atoms in total. The fraction of sp³-hybridized carbons (Fsp3) is 0.120. The zero-order valence-corrected chi connectivity index (χ0v) is 19.2. The largest absolute Gasteiger partial charge is 0.481 e. The zero-order valence-electron chi connectivity index (χ0n) is 18.4. The Kier molecular flexibility index (Phi) is 6.65. The Bertz CT molecular complexity index is 1400. The predicted octanol–water partition coefficient (Wildman–Crippen LogP) is 3.90. The molecule has 1 amide bonds. The van der Waals surface area contributed by atoms with E-state index in [1.54, 1.807) is 36.0 Å². The third kappa shape index (κ3) is 4.79. The number of hydrogen-bond donors (Lipinski definition) is 4. The number of hydrogen-bond acceptors (Lipinski definition) is 5. The number of nitrogen functional groups attached to an aromatic ring is 1. The van der Waals surface area contributed by atoms with E-state index in [1.807, 2.05) is 47.2 Å². The summed E-state index contributed by atoms with van der Waals surface area (Å²) in [6, 6.07) is 20.6. The molecule has 4 aromatic rings. The number of nitrogens with zero attached hydrogens (tertiary/aromatic N) is 2. The van der Waals surface area contributed by atoms with Crippen LogP contribution in [0, 0.1) is 5.41 Å². The van der Waals surface area contributed by atoms with Crippen molar-refractivity contribution in [2.75, 3.05) is 12.8 Å². The first-order chi connectivity index (χ1) is 16.4. The normalized spacial score (nSPS) is 10.9. The van der Waals surface area contributed by atoms with Gasteiger partial charge in [0.2, 0.25) is 0 Å². The third-order valence-electron chi connectivity index (χ3n) is 5.31. The first kappa shape index (κ1) is 23.1. The van der Waals surface area contributed by atoms with Gasteiger partial charge in [0, 0.05) is 33.8 Å².